The van der Waals surface area contributed by atoms with Crippen molar-refractivity contribution in [2.24, 2.45) is 28.9 Å². The molecule has 1 saturated heterocycles. The molecular weight excluding hydrogens is 1080 g/mol. The maximum absolute atomic E-state index is 14.5. The van der Waals surface area contributed by atoms with Crippen LogP contribution in [-0.2, 0) is 59.2 Å². The van der Waals surface area contributed by atoms with Gasteiger partial charge in [-0.3, -0.25) is 52.7 Å². The molecule has 0 aromatic heterocycles. The van der Waals surface area contributed by atoms with Gasteiger partial charge in [0.2, 0.25) is 65.0 Å². The van der Waals surface area contributed by atoms with E-state index < -0.39 is 157 Å². The standard InChI is InChI=1S/C54H93N15O14/c1-6-7-8-9-13-16-42(73)60-41(29-70)52(81)69-44(32(5)72)54(83)65-36(19-24-57)46(75)64-38-21-26-59-53(82)43(31(4)71)68-49(78)37(20-25-58)62-45(74)34(17-22-55)63-50(79)39(27-30(2)3)66-51(80)40(28-33-14-11-10-12-15-33)67-47(76)35(18-23-56)61-48(38)77/h10-12,14-15,30-32,34-41,43-44,70-72H,6-9,13,16-29,55-58H2,1-5H3,(H,59,82)(H,60,73)(H,61,77)(H,62,74)(H,63,79)(H,64,75)(H,65,83)(H,66,80)(H,67,76)(H,68,78)(H,69,81)/t31-,32-,34+,35+,36+,37+,38+,39+,40-,41+,43+,44+/m1/s1. The highest BCUT2D eigenvalue weighted by Crippen LogP contribution is 2.12. The Morgan fingerprint density at radius 1 is 0.590 bits per heavy atom. The van der Waals surface area contributed by atoms with Crippen LogP contribution in [0, 0.1) is 5.92 Å². The number of unbranched alkanes of at least 4 members (excludes halogenated alkanes) is 4. The molecule has 2 rings (SSSR count). The summed E-state index contributed by atoms with van der Waals surface area (Å²) < 4.78 is 0. The van der Waals surface area contributed by atoms with Crippen molar-refractivity contribution in [3.63, 3.8) is 0 Å². The van der Waals surface area contributed by atoms with E-state index in [0.717, 1.165) is 32.6 Å². The third kappa shape index (κ3) is 26.1. The second-order valence-corrected chi connectivity index (χ2v) is 21.1. The summed E-state index contributed by atoms with van der Waals surface area (Å²) in [6.07, 6.45) is -0.319. The van der Waals surface area contributed by atoms with Gasteiger partial charge in [0.1, 0.15) is 60.4 Å². The third-order valence-electron chi connectivity index (χ3n) is 13.4. The second kappa shape index (κ2) is 38.8. The average Bonchev–Trinajstić information content (AvgIpc) is 3.59. The predicted octanol–water partition coefficient (Wildman–Crippen LogP) is -5.85. The van der Waals surface area contributed by atoms with E-state index in [0.29, 0.717) is 12.0 Å². The summed E-state index contributed by atoms with van der Waals surface area (Å²) in [5.74, 6) is -10.4. The average molecular weight is 1180 g/mol. The number of carbonyl (C=O) groups is 11. The Morgan fingerprint density at radius 2 is 1.11 bits per heavy atom. The van der Waals surface area contributed by atoms with Gasteiger partial charge < -0.3 is 96.7 Å². The van der Waals surface area contributed by atoms with Crippen molar-refractivity contribution >= 4 is 65.0 Å². The van der Waals surface area contributed by atoms with Crippen LogP contribution >= 0.6 is 0 Å². The molecule has 1 aromatic rings. The fourth-order valence-electron chi connectivity index (χ4n) is 8.79. The number of aliphatic hydroxyl groups is 3. The molecule has 1 aromatic carbocycles. The Hall–Kier alpha value is -6.89. The van der Waals surface area contributed by atoms with Gasteiger partial charge in [-0.05, 0) is 96.5 Å². The Labute approximate surface area is 485 Å². The lowest BCUT2D eigenvalue weighted by molar-refractivity contribution is -0.137. The highest BCUT2D eigenvalue weighted by Gasteiger charge is 2.37. The van der Waals surface area contributed by atoms with Crippen LogP contribution in [0.3, 0.4) is 0 Å². The molecule has 0 aliphatic carbocycles. The van der Waals surface area contributed by atoms with Crippen LogP contribution in [0.15, 0.2) is 30.3 Å². The van der Waals surface area contributed by atoms with Gasteiger partial charge in [-0.15, -0.1) is 0 Å². The fourth-order valence-corrected chi connectivity index (χ4v) is 8.79. The number of hydrogen-bond donors (Lipinski definition) is 18. The van der Waals surface area contributed by atoms with Crippen LogP contribution in [0.25, 0.3) is 0 Å². The maximum atomic E-state index is 14.5. The van der Waals surface area contributed by atoms with Crippen LogP contribution in [0.4, 0.5) is 0 Å². The zero-order valence-corrected chi connectivity index (χ0v) is 48.5. The fraction of sp³-hybridized carbons (Fsp3) is 0.685. The molecule has 12 atom stereocenters. The number of carbonyl (C=O) groups excluding carboxylic acids is 11. The number of hydrogen-bond acceptors (Lipinski definition) is 18. The number of benzene rings is 1. The van der Waals surface area contributed by atoms with Crippen molar-refractivity contribution in [2.45, 2.75) is 191 Å². The van der Waals surface area contributed by atoms with E-state index >= 15 is 0 Å². The molecule has 29 heteroatoms. The number of nitrogens with one attached hydrogen (secondary N) is 11. The minimum absolute atomic E-state index is 0.0410. The summed E-state index contributed by atoms with van der Waals surface area (Å²) in [5.41, 5.74) is 24.1. The lowest BCUT2D eigenvalue weighted by Gasteiger charge is -2.29. The monoisotopic (exact) mass is 1180 g/mol. The van der Waals surface area contributed by atoms with Gasteiger partial charge in [0, 0.05) is 19.4 Å². The van der Waals surface area contributed by atoms with Crippen molar-refractivity contribution in [1.82, 2.24) is 58.5 Å². The molecule has 1 aliphatic heterocycles. The number of nitrogens with two attached hydrogens (primary N) is 4. The van der Waals surface area contributed by atoms with Crippen LogP contribution in [0.2, 0.25) is 0 Å². The lowest BCUT2D eigenvalue weighted by atomic mass is 10.00. The largest absolute Gasteiger partial charge is 0.394 e. The molecule has 0 unspecified atom stereocenters. The number of aliphatic hydroxyl groups excluding tert-OH is 3. The van der Waals surface area contributed by atoms with E-state index in [-0.39, 0.29) is 77.0 Å². The summed E-state index contributed by atoms with van der Waals surface area (Å²) in [4.78, 5) is 153. The van der Waals surface area contributed by atoms with Gasteiger partial charge in [0.15, 0.2) is 0 Å². The molecule has 0 saturated carbocycles. The quantitative estimate of drug-likeness (QED) is 0.0348. The van der Waals surface area contributed by atoms with Crippen LogP contribution in [-0.4, -0.2) is 192 Å². The molecule has 11 amide bonds. The van der Waals surface area contributed by atoms with Gasteiger partial charge in [-0.1, -0.05) is 76.8 Å². The van der Waals surface area contributed by atoms with Crippen molar-refractivity contribution in [3.05, 3.63) is 35.9 Å². The molecule has 468 valence electrons. The first-order chi connectivity index (χ1) is 39.4. The van der Waals surface area contributed by atoms with E-state index in [1.165, 1.54) is 6.92 Å². The SMILES string of the molecule is CCCCCCCC(=O)N[C@@H](CO)C(=O)N[C@H](C(=O)N[C@@H](CCN)C(=O)N[C@H]1CCNC(=O)[C@H]([C@@H](C)O)NC(=O)[C@H](CCN)NC(=O)[C@H](CCN)NC(=O)[C@H](CC(C)C)NC(=O)[C@@H](Cc2ccccc2)NC(=O)[C@H](CCN)NC1=O)[C@@H](C)O. The minimum Gasteiger partial charge on any atom is -0.394 e. The summed E-state index contributed by atoms with van der Waals surface area (Å²) in [6, 6.07) is -6.73. The normalized spacial score (nSPS) is 22.8. The highest BCUT2D eigenvalue weighted by atomic mass is 16.3. The highest BCUT2D eigenvalue weighted by molar-refractivity contribution is 5.99. The second-order valence-electron chi connectivity index (χ2n) is 21.1. The van der Waals surface area contributed by atoms with Gasteiger partial charge in [0.05, 0.1) is 18.8 Å². The van der Waals surface area contributed by atoms with E-state index in [4.69, 9.17) is 22.9 Å². The molecule has 0 spiro atoms. The van der Waals surface area contributed by atoms with Crippen LogP contribution in [0.5, 0.6) is 0 Å². The molecular formula is C54H93N15O14. The molecule has 0 radical (unpaired) electrons. The third-order valence-corrected chi connectivity index (χ3v) is 13.4. The first-order valence-electron chi connectivity index (χ1n) is 28.6. The molecule has 83 heavy (non-hydrogen) atoms. The number of rotatable bonds is 28. The summed E-state index contributed by atoms with van der Waals surface area (Å²) in [5, 5.41) is 59.0. The first kappa shape index (κ1) is 72.2. The Bertz CT molecular complexity index is 2260. The van der Waals surface area contributed by atoms with E-state index in [1.54, 1.807) is 44.2 Å². The topological polar surface area (TPSA) is 485 Å². The predicted molar refractivity (Wildman–Crippen MR) is 305 cm³/mol. The minimum atomic E-state index is -1.77. The molecule has 22 N–H and O–H groups in total. The van der Waals surface area contributed by atoms with Crippen LogP contribution in [0.1, 0.15) is 117 Å². The smallest absolute Gasteiger partial charge is 0.245 e. The summed E-state index contributed by atoms with van der Waals surface area (Å²) >= 11 is 0. The Kier molecular flexibility index (Phi) is 33.8. The molecule has 1 heterocycles. The van der Waals surface area contributed by atoms with E-state index in [9.17, 15) is 68.1 Å². The van der Waals surface area contributed by atoms with Crippen molar-refractivity contribution in [2.75, 3.05) is 39.3 Å². The first-order valence-corrected chi connectivity index (χ1v) is 28.6. The Morgan fingerprint density at radius 3 is 1.63 bits per heavy atom. The maximum Gasteiger partial charge on any atom is 0.245 e. The molecule has 0 bridgehead atoms. The Balaban J connectivity index is 2.67. The number of amides is 11. The van der Waals surface area contributed by atoms with Gasteiger partial charge in [0.25, 0.3) is 0 Å². The van der Waals surface area contributed by atoms with Gasteiger partial charge in [-0.25, -0.2) is 0 Å². The van der Waals surface area contributed by atoms with Gasteiger partial charge >= 0.3 is 0 Å². The summed E-state index contributed by atoms with van der Waals surface area (Å²) in [7, 11) is 0. The van der Waals surface area contributed by atoms with E-state index in [1.807, 2.05) is 6.92 Å². The van der Waals surface area contributed by atoms with Crippen LogP contribution < -0.4 is 81.4 Å². The van der Waals surface area contributed by atoms with Crippen molar-refractivity contribution in [1.29, 1.82) is 0 Å². The van der Waals surface area contributed by atoms with Gasteiger partial charge in [-0.2, -0.15) is 0 Å². The molecule has 1 aliphatic rings. The molecule has 1 fully saturated rings. The van der Waals surface area contributed by atoms with Crippen molar-refractivity contribution < 1.29 is 68.1 Å². The molecule has 29 nitrogen and oxygen atoms in total. The van der Waals surface area contributed by atoms with E-state index in [2.05, 4.69) is 58.5 Å². The van der Waals surface area contributed by atoms with Crippen molar-refractivity contribution in [3.8, 4) is 0 Å². The lowest BCUT2D eigenvalue weighted by Crippen LogP contribution is -2.62. The zero-order valence-electron chi connectivity index (χ0n) is 48.5. The zero-order chi connectivity index (χ0) is 62.2. The summed E-state index contributed by atoms with van der Waals surface area (Å²) in [6.45, 7) is 5.91.